The lowest BCUT2D eigenvalue weighted by molar-refractivity contribution is -0.139. The first-order valence-electron chi connectivity index (χ1n) is 6.05. The highest BCUT2D eigenvalue weighted by Gasteiger charge is 2.53. The van der Waals surface area contributed by atoms with Crippen LogP contribution < -0.4 is 11.2 Å². The Kier molecular flexibility index (Phi) is 3.40. The maximum Gasteiger partial charge on any atom is 0.330 e. The predicted octanol–water partition coefficient (Wildman–Crippen LogP) is 0.387. The molecule has 0 aromatic carbocycles. The van der Waals surface area contributed by atoms with Gasteiger partial charge in [0.05, 0.1) is 0 Å². The van der Waals surface area contributed by atoms with Gasteiger partial charge >= 0.3 is 5.69 Å². The van der Waals surface area contributed by atoms with Gasteiger partial charge in [-0.05, 0) is 6.42 Å². The lowest BCUT2D eigenvalue weighted by Crippen LogP contribution is -2.37. The number of carbonyl (C=O) groups excluding carboxylic acids is 1. The number of aldehydes is 1. The van der Waals surface area contributed by atoms with Crippen LogP contribution in [0.5, 0.6) is 0 Å². The summed E-state index contributed by atoms with van der Waals surface area (Å²) in [6.07, 6.45) is -0.645. The summed E-state index contributed by atoms with van der Waals surface area (Å²) in [6.45, 7) is 3.29. The minimum atomic E-state index is -1.51. The van der Waals surface area contributed by atoms with Gasteiger partial charge in [-0.1, -0.05) is 13.8 Å². The smallest absolute Gasteiger partial charge is 0.330 e. The van der Waals surface area contributed by atoms with Crippen molar-refractivity contribution in [3.8, 4) is 0 Å². The number of H-pyrrole nitrogens is 1. The minimum absolute atomic E-state index is 0.312. The molecule has 0 unspecified atom stereocenters. The number of hydrogen-bond donors (Lipinski definition) is 1. The minimum Gasteiger partial charge on any atom is -0.340 e. The number of aromatic nitrogens is 2. The molecule has 19 heavy (non-hydrogen) atoms. The third-order valence-electron chi connectivity index (χ3n) is 3.74. The Balaban J connectivity index is 2.45. The maximum atomic E-state index is 14.3. The van der Waals surface area contributed by atoms with Crippen LogP contribution in [0, 0.1) is 5.92 Å². The van der Waals surface area contributed by atoms with Gasteiger partial charge in [0.1, 0.15) is 5.60 Å². The highest BCUT2D eigenvalue weighted by molar-refractivity contribution is 5.64. The Morgan fingerprint density at radius 3 is 2.74 bits per heavy atom. The Labute approximate surface area is 108 Å². The van der Waals surface area contributed by atoms with Crippen LogP contribution in [-0.4, -0.2) is 27.6 Å². The first-order valence-corrected chi connectivity index (χ1v) is 6.05. The number of aromatic amines is 1. The van der Waals surface area contributed by atoms with Gasteiger partial charge in [0.15, 0.2) is 18.7 Å². The number of alkyl halides is 1. The van der Waals surface area contributed by atoms with Crippen molar-refractivity contribution < 1.29 is 13.9 Å². The van der Waals surface area contributed by atoms with Crippen molar-refractivity contribution in [1.29, 1.82) is 0 Å². The van der Waals surface area contributed by atoms with Gasteiger partial charge in [-0.3, -0.25) is 14.3 Å². The molecule has 4 atom stereocenters. The number of nitrogens with zero attached hydrogens (tertiary/aromatic N) is 1. The second kappa shape index (κ2) is 4.73. The number of halogens is 1. The summed E-state index contributed by atoms with van der Waals surface area (Å²) in [5, 5.41) is 0. The Bertz CT molecular complexity index is 596. The molecule has 0 amide bonds. The third kappa shape index (κ3) is 2.03. The average molecular weight is 270 g/mol. The summed E-state index contributed by atoms with van der Waals surface area (Å²) < 4.78 is 20.7. The summed E-state index contributed by atoms with van der Waals surface area (Å²) in [7, 11) is 0. The van der Waals surface area contributed by atoms with Crippen LogP contribution in [-0.2, 0) is 9.53 Å². The lowest BCUT2D eigenvalue weighted by atomic mass is 9.87. The van der Waals surface area contributed by atoms with Crippen LogP contribution in [0.3, 0.4) is 0 Å². The normalized spacial score (nSPS) is 34.4. The van der Waals surface area contributed by atoms with Crippen LogP contribution >= 0.6 is 0 Å². The number of carbonyl (C=O) groups is 1. The molecule has 1 saturated heterocycles. The molecule has 1 aliphatic heterocycles. The number of hydrogen-bond acceptors (Lipinski definition) is 4. The van der Waals surface area contributed by atoms with Gasteiger partial charge in [-0.2, -0.15) is 0 Å². The molecule has 2 heterocycles. The molecule has 0 saturated carbocycles. The molecule has 7 heteroatoms. The fourth-order valence-electron chi connectivity index (χ4n) is 2.38. The number of ether oxygens (including phenoxy) is 1. The molecule has 6 nitrogen and oxygen atoms in total. The number of rotatable bonds is 3. The summed E-state index contributed by atoms with van der Waals surface area (Å²) in [6, 6.07) is 1.11. The summed E-state index contributed by atoms with van der Waals surface area (Å²) in [5.41, 5.74) is -2.57. The molecular formula is C12H15FN2O4. The fraction of sp³-hybridized carbons (Fsp3) is 0.583. The highest BCUT2D eigenvalue weighted by Crippen LogP contribution is 2.43. The number of nitrogens with one attached hydrogen (secondary N) is 1. The van der Waals surface area contributed by atoms with Crippen molar-refractivity contribution in [2.45, 2.75) is 38.3 Å². The van der Waals surface area contributed by atoms with Crippen molar-refractivity contribution in [2.24, 2.45) is 5.92 Å². The molecule has 0 aliphatic carbocycles. The fourth-order valence-corrected chi connectivity index (χ4v) is 2.38. The van der Waals surface area contributed by atoms with Crippen molar-refractivity contribution in [3.63, 3.8) is 0 Å². The summed E-state index contributed by atoms with van der Waals surface area (Å²) in [5.74, 6) is -0.668. The first-order chi connectivity index (χ1) is 8.95. The third-order valence-corrected chi connectivity index (χ3v) is 3.74. The van der Waals surface area contributed by atoms with Crippen molar-refractivity contribution in [3.05, 3.63) is 33.1 Å². The van der Waals surface area contributed by atoms with E-state index in [0.717, 1.165) is 10.6 Å². The average Bonchev–Trinajstić information content (AvgIpc) is 2.64. The standard InChI is InChI=1S/C12H15FN2O4/c1-3-12(6-16)7(2)9(13)10(19-12)15-5-4-8(17)14-11(15)18/h4-7,9-10H,3H2,1-2H3,(H,14,17,18)/t7-,9-,10+,12-/m0/s1. The molecule has 1 aromatic heterocycles. The van der Waals surface area contributed by atoms with Gasteiger partial charge < -0.3 is 9.53 Å². The van der Waals surface area contributed by atoms with Gasteiger partial charge in [-0.25, -0.2) is 9.18 Å². The second-order valence-electron chi connectivity index (χ2n) is 4.69. The zero-order valence-corrected chi connectivity index (χ0v) is 10.6. The van der Waals surface area contributed by atoms with E-state index in [2.05, 4.69) is 0 Å². The van der Waals surface area contributed by atoms with E-state index in [1.807, 2.05) is 4.98 Å². The topological polar surface area (TPSA) is 81.2 Å². The zero-order chi connectivity index (χ0) is 14.2. The van der Waals surface area contributed by atoms with Crippen LogP contribution in [0.25, 0.3) is 0 Å². The molecule has 1 aliphatic rings. The van der Waals surface area contributed by atoms with Crippen molar-refractivity contribution in [2.75, 3.05) is 0 Å². The quantitative estimate of drug-likeness (QED) is 0.805. The van der Waals surface area contributed by atoms with Gasteiger partial charge in [0.2, 0.25) is 0 Å². The largest absolute Gasteiger partial charge is 0.340 e. The zero-order valence-electron chi connectivity index (χ0n) is 10.6. The molecule has 1 N–H and O–H groups in total. The lowest BCUT2D eigenvalue weighted by Gasteiger charge is -2.24. The molecule has 1 fully saturated rings. The predicted molar refractivity (Wildman–Crippen MR) is 64.6 cm³/mol. The molecule has 2 rings (SSSR count). The van der Waals surface area contributed by atoms with Gasteiger partial charge in [-0.15, -0.1) is 0 Å². The van der Waals surface area contributed by atoms with Crippen LogP contribution in [0.1, 0.15) is 26.5 Å². The molecule has 0 bridgehead atoms. The van der Waals surface area contributed by atoms with E-state index in [0.29, 0.717) is 12.7 Å². The summed E-state index contributed by atoms with van der Waals surface area (Å²) >= 11 is 0. The molecular weight excluding hydrogens is 255 g/mol. The molecule has 0 radical (unpaired) electrons. The van der Waals surface area contributed by atoms with E-state index >= 15 is 0 Å². The van der Waals surface area contributed by atoms with Crippen LogP contribution in [0.4, 0.5) is 4.39 Å². The summed E-state index contributed by atoms with van der Waals surface area (Å²) in [4.78, 5) is 35.8. The van der Waals surface area contributed by atoms with E-state index in [1.165, 1.54) is 6.20 Å². The van der Waals surface area contributed by atoms with E-state index in [9.17, 15) is 18.8 Å². The van der Waals surface area contributed by atoms with E-state index in [4.69, 9.17) is 4.74 Å². The van der Waals surface area contributed by atoms with Crippen LogP contribution in [0.2, 0.25) is 0 Å². The molecule has 0 spiro atoms. The first kappa shape index (κ1) is 13.7. The van der Waals surface area contributed by atoms with E-state index in [-0.39, 0.29) is 0 Å². The maximum absolute atomic E-state index is 14.3. The Morgan fingerprint density at radius 1 is 1.58 bits per heavy atom. The molecule has 104 valence electrons. The van der Waals surface area contributed by atoms with E-state index in [1.54, 1.807) is 13.8 Å². The monoisotopic (exact) mass is 270 g/mol. The van der Waals surface area contributed by atoms with Crippen molar-refractivity contribution in [1.82, 2.24) is 9.55 Å². The Hall–Kier alpha value is -1.76. The van der Waals surface area contributed by atoms with Gasteiger partial charge in [0, 0.05) is 18.2 Å². The highest BCUT2D eigenvalue weighted by atomic mass is 19.1. The second-order valence-corrected chi connectivity index (χ2v) is 4.69. The van der Waals surface area contributed by atoms with Crippen molar-refractivity contribution >= 4 is 6.29 Å². The SMILES string of the molecule is CC[C@@]1(C=O)O[C@@H](n2ccc(=O)[nH]c2=O)[C@@H](F)[C@@H]1C. The molecule has 1 aromatic rings. The van der Waals surface area contributed by atoms with E-state index < -0.39 is 35.2 Å². The van der Waals surface area contributed by atoms with Crippen LogP contribution in [0.15, 0.2) is 21.9 Å². The Morgan fingerprint density at radius 2 is 2.26 bits per heavy atom. The van der Waals surface area contributed by atoms with Gasteiger partial charge in [0.25, 0.3) is 5.56 Å².